The summed E-state index contributed by atoms with van der Waals surface area (Å²) in [4.78, 5) is 38.2. The Morgan fingerprint density at radius 2 is 1.56 bits per heavy atom. The Morgan fingerprint density at radius 3 is 2.12 bits per heavy atom. The van der Waals surface area contributed by atoms with Crippen LogP contribution in [0.5, 0.6) is 0 Å². The van der Waals surface area contributed by atoms with Crippen LogP contribution in [0.1, 0.15) is 71.4 Å². The van der Waals surface area contributed by atoms with Gasteiger partial charge in [-0.15, -0.1) is 0 Å². The molecule has 0 spiro atoms. The quantitative estimate of drug-likeness (QED) is 0.549. The second-order valence-electron chi connectivity index (χ2n) is 8.51. The van der Waals surface area contributed by atoms with Gasteiger partial charge in [-0.2, -0.15) is 0 Å². The fourth-order valence-electron chi connectivity index (χ4n) is 3.63. The van der Waals surface area contributed by atoms with Gasteiger partial charge in [0.15, 0.2) is 6.10 Å². The lowest BCUT2D eigenvalue weighted by Gasteiger charge is -2.34. The molecule has 178 valence electrons. The van der Waals surface area contributed by atoms with Crippen LogP contribution < -0.4 is 10.7 Å². The maximum atomic E-state index is 13.0. The molecule has 0 aliphatic heterocycles. The van der Waals surface area contributed by atoms with Crippen molar-refractivity contribution in [3.8, 4) is 0 Å². The van der Waals surface area contributed by atoms with E-state index in [1.165, 1.54) is 0 Å². The van der Waals surface area contributed by atoms with Gasteiger partial charge >= 0.3 is 12.2 Å². The number of nitrogens with one attached hydrogen (secondary N) is 2. The van der Waals surface area contributed by atoms with Crippen LogP contribution in [0.3, 0.4) is 0 Å². The van der Waals surface area contributed by atoms with Gasteiger partial charge in [-0.25, -0.2) is 20.0 Å². The maximum absolute atomic E-state index is 13.0. The molecule has 9 nitrogen and oxygen atoms in total. The first-order valence-corrected chi connectivity index (χ1v) is 11.2. The van der Waals surface area contributed by atoms with Gasteiger partial charge in [-0.05, 0) is 46.1 Å². The third kappa shape index (κ3) is 7.71. The minimum Gasteiger partial charge on any atom is -0.446 e. The van der Waals surface area contributed by atoms with E-state index >= 15 is 0 Å². The molecule has 1 fully saturated rings. The predicted octanol–water partition coefficient (Wildman–Crippen LogP) is 3.43. The van der Waals surface area contributed by atoms with Gasteiger partial charge in [0.25, 0.3) is 5.91 Å². The van der Waals surface area contributed by atoms with E-state index in [0.29, 0.717) is 5.56 Å². The number of benzene rings is 1. The van der Waals surface area contributed by atoms with Crippen molar-refractivity contribution in [3.63, 3.8) is 0 Å². The lowest BCUT2D eigenvalue weighted by Crippen LogP contribution is -2.56. The van der Waals surface area contributed by atoms with E-state index in [9.17, 15) is 19.5 Å². The third-order valence-corrected chi connectivity index (χ3v) is 5.03. The van der Waals surface area contributed by atoms with Crippen molar-refractivity contribution < 1.29 is 29.0 Å². The first-order chi connectivity index (χ1) is 15.2. The third-order valence-electron chi connectivity index (χ3n) is 5.03. The molecule has 1 saturated carbocycles. The standard InChI is InChI=1S/C23H35N3O6/c1-15(2)31-22(29)25-26(23(30)32-16(3)4)19(17-11-7-5-8-12-17)20(27)21(28)24-18-13-9-6-10-14-18/h5,7-8,11-12,15-16,18-20,27H,6,9-10,13-14H2,1-4H3,(H,24,28)(H,25,29)/t19-,20?/m1/s1. The largest absolute Gasteiger partial charge is 0.446 e. The molecule has 1 aliphatic carbocycles. The molecule has 0 bridgehead atoms. The molecule has 9 heteroatoms. The normalized spacial score (nSPS) is 16.2. The summed E-state index contributed by atoms with van der Waals surface area (Å²) < 4.78 is 10.4. The van der Waals surface area contributed by atoms with Crippen LogP contribution in [0.4, 0.5) is 9.59 Å². The molecule has 3 amide bonds. The molecule has 32 heavy (non-hydrogen) atoms. The number of aliphatic hydroxyl groups excluding tert-OH is 1. The molecule has 1 unspecified atom stereocenters. The van der Waals surface area contributed by atoms with Gasteiger partial charge < -0.3 is 19.9 Å². The number of hydrogen-bond acceptors (Lipinski definition) is 6. The minimum atomic E-state index is -1.65. The van der Waals surface area contributed by atoms with Gasteiger partial charge in [-0.3, -0.25) is 4.79 Å². The summed E-state index contributed by atoms with van der Waals surface area (Å²) in [6.45, 7) is 6.65. The summed E-state index contributed by atoms with van der Waals surface area (Å²) in [5.74, 6) is -0.618. The van der Waals surface area contributed by atoms with Gasteiger partial charge in [0, 0.05) is 6.04 Å². The zero-order valence-corrected chi connectivity index (χ0v) is 19.2. The van der Waals surface area contributed by atoms with Crippen molar-refractivity contribution >= 4 is 18.1 Å². The molecule has 0 aromatic heterocycles. The smallest absolute Gasteiger partial charge is 0.429 e. The van der Waals surface area contributed by atoms with Crippen molar-refractivity contribution in [3.05, 3.63) is 35.9 Å². The molecular weight excluding hydrogens is 414 g/mol. The number of ether oxygens (including phenoxy) is 2. The van der Waals surface area contributed by atoms with Gasteiger partial charge in [0.1, 0.15) is 6.04 Å². The molecule has 2 atom stereocenters. The molecule has 1 aliphatic rings. The number of carbonyl (C=O) groups is 3. The molecule has 1 aromatic rings. The van der Waals surface area contributed by atoms with E-state index in [-0.39, 0.29) is 6.04 Å². The van der Waals surface area contributed by atoms with E-state index < -0.39 is 42.4 Å². The summed E-state index contributed by atoms with van der Waals surface area (Å²) in [5.41, 5.74) is 2.80. The van der Waals surface area contributed by atoms with Crippen LogP contribution >= 0.6 is 0 Å². The van der Waals surface area contributed by atoms with E-state index in [1.54, 1.807) is 58.0 Å². The zero-order valence-electron chi connectivity index (χ0n) is 19.2. The van der Waals surface area contributed by atoms with Gasteiger partial charge in [0.2, 0.25) is 0 Å². The second-order valence-corrected chi connectivity index (χ2v) is 8.51. The lowest BCUT2D eigenvalue weighted by molar-refractivity contribution is -0.134. The maximum Gasteiger partial charge on any atom is 0.429 e. The Bertz CT molecular complexity index is 749. The van der Waals surface area contributed by atoms with E-state index in [2.05, 4.69) is 10.7 Å². The van der Waals surface area contributed by atoms with Gasteiger partial charge in [0.05, 0.1) is 12.2 Å². The molecule has 0 saturated heterocycles. The van der Waals surface area contributed by atoms with Crippen molar-refractivity contribution in [1.82, 2.24) is 15.8 Å². The summed E-state index contributed by atoms with van der Waals surface area (Å²) in [5, 5.41) is 14.8. The van der Waals surface area contributed by atoms with Crippen molar-refractivity contribution in [2.75, 3.05) is 0 Å². The van der Waals surface area contributed by atoms with Crippen LogP contribution in [0, 0.1) is 0 Å². The highest BCUT2D eigenvalue weighted by Gasteiger charge is 2.39. The summed E-state index contributed by atoms with van der Waals surface area (Å²) >= 11 is 0. The number of rotatable bonds is 7. The zero-order chi connectivity index (χ0) is 23.7. The first kappa shape index (κ1) is 25.5. The average molecular weight is 450 g/mol. The highest BCUT2D eigenvalue weighted by atomic mass is 16.6. The lowest BCUT2D eigenvalue weighted by atomic mass is 9.94. The fourth-order valence-corrected chi connectivity index (χ4v) is 3.63. The Hall–Kier alpha value is -2.81. The van der Waals surface area contributed by atoms with E-state index in [0.717, 1.165) is 37.1 Å². The highest BCUT2D eigenvalue weighted by molar-refractivity contribution is 5.83. The Labute approximate surface area is 189 Å². The predicted molar refractivity (Wildman–Crippen MR) is 118 cm³/mol. The number of hydrogen-bond donors (Lipinski definition) is 3. The van der Waals surface area contributed by atoms with Crippen LogP contribution in [-0.4, -0.2) is 52.6 Å². The number of hydrazine groups is 1. The molecular formula is C23H35N3O6. The molecule has 0 radical (unpaired) electrons. The number of amides is 3. The topological polar surface area (TPSA) is 117 Å². The van der Waals surface area contributed by atoms with Crippen LogP contribution in [0.2, 0.25) is 0 Å². The van der Waals surface area contributed by atoms with E-state index in [1.807, 2.05) is 0 Å². The fraction of sp³-hybridized carbons (Fsp3) is 0.609. The molecule has 1 aromatic carbocycles. The van der Waals surface area contributed by atoms with Crippen molar-refractivity contribution in [2.45, 2.75) is 90.2 Å². The summed E-state index contributed by atoms with van der Waals surface area (Å²) in [6, 6.07) is 7.26. The molecule has 3 N–H and O–H groups in total. The Kier molecular flexibility index (Phi) is 9.77. The number of carbonyl (C=O) groups excluding carboxylic acids is 3. The Morgan fingerprint density at radius 1 is 0.969 bits per heavy atom. The number of nitrogens with zero attached hydrogens (tertiary/aromatic N) is 1. The SMILES string of the molecule is CC(C)OC(=O)NN(C(=O)OC(C)C)[C@H](c1ccccc1)C(O)C(=O)NC1CCCCC1. The number of aliphatic hydroxyl groups is 1. The highest BCUT2D eigenvalue weighted by Crippen LogP contribution is 2.26. The van der Waals surface area contributed by atoms with E-state index in [4.69, 9.17) is 9.47 Å². The van der Waals surface area contributed by atoms with Gasteiger partial charge in [-0.1, -0.05) is 49.6 Å². The second kappa shape index (κ2) is 12.3. The average Bonchev–Trinajstić information content (AvgIpc) is 2.73. The molecule has 2 rings (SSSR count). The van der Waals surface area contributed by atoms with Crippen LogP contribution in [-0.2, 0) is 14.3 Å². The minimum absolute atomic E-state index is 0.0303. The van der Waals surface area contributed by atoms with Crippen molar-refractivity contribution in [1.29, 1.82) is 0 Å². The summed E-state index contributed by atoms with van der Waals surface area (Å²) in [6.07, 6.45) is 0.429. The van der Waals surface area contributed by atoms with Crippen LogP contribution in [0.25, 0.3) is 0 Å². The van der Waals surface area contributed by atoms with Crippen LogP contribution in [0.15, 0.2) is 30.3 Å². The Balaban J connectivity index is 2.34. The van der Waals surface area contributed by atoms with Crippen molar-refractivity contribution in [2.24, 2.45) is 0 Å². The summed E-state index contributed by atoms with van der Waals surface area (Å²) in [7, 11) is 0. The molecule has 0 heterocycles. The monoisotopic (exact) mass is 449 g/mol. The first-order valence-electron chi connectivity index (χ1n) is 11.2.